The van der Waals surface area contributed by atoms with Crippen LogP contribution in [0.1, 0.15) is 44.1 Å². The van der Waals surface area contributed by atoms with Crippen LogP contribution >= 0.6 is 0 Å². The van der Waals surface area contributed by atoms with Crippen molar-refractivity contribution < 1.29 is 35.3 Å². The van der Waals surface area contributed by atoms with Crippen molar-refractivity contribution in [3.63, 3.8) is 0 Å². The molecule has 0 radical (unpaired) electrons. The molecule has 1 aromatic heterocycles. The third-order valence-electron chi connectivity index (χ3n) is 5.80. The van der Waals surface area contributed by atoms with E-state index >= 15 is 0 Å². The number of halogens is 4. The minimum Gasteiger partial charge on any atom is -0.356 e. The molecule has 0 bridgehead atoms. The average molecular weight is 522 g/mol. The van der Waals surface area contributed by atoms with Crippen LogP contribution in [-0.4, -0.2) is 62.4 Å². The Morgan fingerprint density at radius 1 is 1.11 bits per heavy atom. The summed E-state index contributed by atoms with van der Waals surface area (Å²) in [4.78, 5) is 16.9. The maximum Gasteiger partial charge on any atom is 0.229 e. The monoisotopic (exact) mass is 521 g/mol. The van der Waals surface area contributed by atoms with Crippen molar-refractivity contribution in [3.05, 3.63) is 47.5 Å². The van der Waals surface area contributed by atoms with Crippen LogP contribution in [0, 0.1) is 11.7 Å². The molecule has 0 aliphatic carbocycles. The summed E-state index contributed by atoms with van der Waals surface area (Å²) in [5.41, 5.74) is 0.644. The molecule has 1 atom stereocenters. The van der Waals surface area contributed by atoms with E-state index in [9.17, 15) is 30.8 Å². The molecule has 4 rings (SSSR count). The Balaban J connectivity index is 0.000000803. The zero-order valence-corrected chi connectivity index (χ0v) is 20.6. The molecule has 2 aliphatic heterocycles. The lowest BCUT2D eigenvalue weighted by molar-refractivity contribution is -0.138. The first-order valence-electron chi connectivity index (χ1n) is 11.4. The Kier molecular flexibility index (Phi) is 11.0. The van der Waals surface area contributed by atoms with Crippen molar-refractivity contribution in [2.24, 2.45) is 5.92 Å². The fourth-order valence-electron chi connectivity index (χ4n) is 4.14. The molecule has 0 N–H and O–H groups in total. The molecule has 196 valence electrons. The minimum absolute atomic E-state index is 0.0128. The summed E-state index contributed by atoms with van der Waals surface area (Å²) in [6.45, 7) is 2.66. The number of nitrogens with zero attached hydrogens (tertiary/aromatic N) is 3. The van der Waals surface area contributed by atoms with Gasteiger partial charge in [0.1, 0.15) is 15.7 Å². The predicted molar refractivity (Wildman–Crippen MR) is 124 cm³/mol. The first kappa shape index (κ1) is 28.6. The Morgan fingerprint density at radius 3 is 2.34 bits per heavy atom. The Hall–Kier alpha value is -2.63. The van der Waals surface area contributed by atoms with E-state index in [1.54, 1.807) is 17.0 Å². The molecule has 0 spiro atoms. The third kappa shape index (κ3) is 7.68. The zero-order valence-electron chi connectivity index (χ0n) is 19.8. The van der Waals surface area contributed by atoms with E-state index in [1.807, 2.05) is 18.7 Å². The van der Waals surface area contributed by atoms with Gasteiger partial charge in [-0.05, 0) is 30.5 Å². The summed E-state index contributed by atoms with van der Waals surface area (Å²) in [6, 6.07) is 7.18. The lowest BCUT2D eigenvalue weighted by atomic mass is 9.96. The van der Waals surface area contributed by atoms with Gasteiger partial charge < -0.3 is 14.3 Å². The van der Waals surface area contributed by atoms with E-state index in [0.29, 0.717) is 43.9 Å². The average Bonchev–Trinajstić information content (AvgIpc) is 3.34. The van der Waals surface area contributed by atoms with Crippen molar-refractivity contribution in [2.45, 2.75) is 39.4 Å². The number of benzene rings is 1. The van der Waals surface area contributed by atoms with E-state index < -0.39 is 35.3 Å². The van der Waals surface area contributed by atoms with Gasteiger partial charge in [-0.3, -0.25) is 4.79 Å². The van der Waals surface area contributed by atoms with Crippen molar-refractivity contribution in [1.29, 1.82) is 0 Å². The second-order valence-electron chi connectivity index (χ2n) is 7.86. The fourth-order valence-corrected chi connectivity index (χ4v) is 5.63. The van der Waals surface area contributed by atoms with Crippen LogP contribution in [0.3, 0.4) is 0 Å². The van der Waals surface area contributed by atoms with Gasteiger partial charge in [0.25, 0.3) is 0 Å². The quantitative estimate of drug-likeness (QED) is 0.555. The van der Waals surface area contributed by atoms with Gasteiger partial charge in [0.15, 0.2) is 18.3 Å². The molecule has 1 amide bonds. The highest BCUT2D eigenvalue weighted by Crippen LogP contribution is 2.32. The van der Waals surface area contributed by atoms with Crippen molar-refractivity contribution in [1.82, 2.24) is 10.1 Å². The van der Waals surface area contributed by atoms with Crippen LogP contribution < -0.4 is 4.90 Å². The maximum absolute atomic E-state index is 13.9. The molecule has 2 saturated heterocycles. The van der Waals surface area contributed by atoms with Crippen LogP contribution in [0.5, 0.6) is 0 Å². The second-order valence-corrected chi connectivity index (χ2v) is 10.2. The predicted octanol–water partition coefficient (Wildman–Crippen LogP) is 4.41. The number of aromatic nitrogens is 1. The largest absolute Gasteiger partial charge is 0.356 e. The molecule has 1 aromatic carbocycles. The van der Waals surface area contributed by atoms with Crippen LogP contribution in [0.15, 0.2) is 34.9 Å². The molecule has 12 heteroatoms. The fraction of sp³-hybridized carbons (Fsp3) is 0.565. The zero-order chi connectivity index (χ0) is 26.0. The highest BCUT2D eigenvalue weighted by molar-refractivity contribution is 7.91. The first-order valence-corrected chi connectivity index (χ1v) is 13.2. The van der Waals surface area contributed by atoms with E-state index in [-0.39, 0.29) is 29.1 Å². The van der Waals surface area contributed by atoms with Gasteiger partial charge in [0.05, 0.1) is 17.5 Å². The number of hydrogen-bond acceptors (Lipinski definition) is 6. The molecule has 1 unspecified atom stereocenters. The van der Waals surface area contributed by atoms with E-state index in [2.05, 4.69) is 5.16 Å². The normalized spacial score (nSPS) is 19.8. The van der Waals surface area contributed by atoms with Crippen LogP contribution in [0.25, 0.3) is 0 Å². The molecule has 2 fully saturated rings. The molecular formula is C23H31F4N3O4S. The summed E-state index contributed by atoms with van der Waals surface area (Å²) in [6.07, 6.45) is 0.612. The van der Waals surface area contributed by atoms with Gasteiger partial charge in [-0.2, -0.15) is 0 Å². The van der Waals surface area contributed by atoms with E-state index in [0.717, 1.165) is 0 Å². The van der Waals surface area contributed by atoms with E-state index in [1.165, 1.54) is 18.2 Å². The number of piperazine rings is 1. The Morgan fingerprint density at radius 2 is 1.77 bits per heavy atom. The lowest BCUT2D eigenvalue weighted by Gasteiger charge is -2.43. The molecular weight excluding hydrogens is 490 g/mol. The van der Waals surface area contributed by atoms with Crippen molar-refractivity contribution >= 4 is 21.6 Å². The highest BCUT2D eigenvalue weighted by atomic mass is 32.2. The summed E-state index contributed by atoms with van der Waals surface area (Å²) in [5.74, 6) is -0.251. The Labute approximate surface area is 203 Å². The molecule has 0 saturated carbocycles. The van der Waals surface area contributed by atoms with Crippen molar-refractivity contribution in [2.75, 3.05) is 43.0 Å². The van der Waals surface area contributed by atoms with Crippen LogP contribution in [-0.2, 0) is 21.3 Å². The molecule has 3 heterocycles. The van der Waals surface area contributed by atoms with Gasteiger partial charge in [-0.15, -0.1) is 0 Å². The number of anilines is 1. The number of amides is 1. The molecule has 2 aliphatic rings. The van der Waals surface area contributed by atoms with Gasteiger partial charge in [0.2, 0.25) is 12.8 Å². The van der Waals surface area contributed by atoms with Crippen LogP contribution in [0.2, 0.25) is 0 Å². The summed E-state index contributed by atoms with van der Waals surface area (Å²) < 4.78 is 74.4. The minimum atomic E-state index is -3.07. The number of sulfone groups is 1. The van der Waals surface area contributed by atoms with E-state index in [4.69, 9.17) is 4.52 Å². The summed E-state index contributed by atoms with van der Waals surface area (Å²) in [7, 11) is -3.07. The van der Waals surface area contributed by atoms with Crippen molar-refractivity contribution in [3.8, 4) is 0 Å². The number of carbonyl (C=O) groups excluding carboxylic acids is 1. The third-order valence-corrected chi connectivity index (χ3v) is 7.52. The summed E-state index contributed by atoms with van der Waals surface area (Å²) in [5, 5.41) is 3.90. The number of hydrogen-bond donors (Lipinski definition) is 0. The SMILES string of the molecule is CC.FCF.O=C(C1CCS(=O)(=O)CC1)N1CCN(c2cc(CF)on2)CC1c1cccc(F)c1. The molecule has 7 nitrogen and oxygen atoms in total. The van der Waals surface area contributed by atoms with Gasteiger partial charge in [-0.25, -0.2) is 26.0 Å². The lowest BCUT2D eigenvalue weighted by Crippen LogP contribution is -2.53. The second kappa shape index (κ2) is 13.5. The highest BCUT2D eigenvalue weighted by Gasteiger charge is 2.38. The topological polar surface area (TPSA) is 83.7 Å². The maximum atomic E-state index is 13.9. The number of alkyl halides is 3. The van der Waals surface area contributed by atoms with Gasteiger partial charge in [-0.1, -0.05) is 31.1 Å². The summed E-state index contributed by atoms with van der Waals surface area (Å²) >= 11 is 0. The smallest absolute Gasteiger partial charge is 0.229 e. The van der Waals surface area contributed by atoms with Gasteiger partial charge in [0, 0.05) is 31.6 Å². The number of rotatable bonds is 4. The molecule has 35 heavy (non-hydrogen) atoms. The number of carbonyl (C=O) groups is 1. The standard InChI is InChI=1S/C20H23F2N3O4S.C2H6.CH2F2/c21-12-17-11-19(23-29-17)24-6-7-25(18(13-24)15-2-1-3-16(22)10-15)20(26)14-4-8-30(27,28)9-5-14;1-2;2-1-3/h1-3,10-11,14,18H,4-9,12-13H2;1-2H3;1H2. The van der Waals surface area contributed by atoms with Gasteiger partial charge >= 0.3 is 0 Å². The molecule has 2 aromatic rings. The van der Waals surface area contributed by atoms with Crippen LogP contribution in [0.4, 0.5) is 23.4 Å². The first-order chi connectivity index (χ1) is 16.8. The Bertz CT molecular complexity index is 1040.